The van der Waals surface area contributed by atoms with Crippen LogP contribution in [-0.4, -0.2) is 20.7 Å². The maximum absolute atomic E-state index is 9.00. The van der Waals surface area contributed by atoms with Gasteiger partial charge < -0.3 is 26.9 Å². The van der Waals surface area contributed by atoms with E-state index in [0.717, 1.165) is 0 Å². The van der Waals surface area contributed by atoms with Crippen LogP contribution in [0.1, 0.15) is 0 Å². The minimum absolute atomic E-state index is 0.0370. The largest absolute Gasteiger partial charge is 0.492 e. The number of hydrogen-bond acceptors (Lipinski definition) is 4. The summed E-state index contributed by atoms with van der Waals surface area (Å²) in [6.07, 6.45) is 1.44. The number of aromatic nitrogens is 2. The standard InChI is InChI=1S/C4H7N3O.CH4N2O/c1-7-2-3(8)6-4(7)5;2-1(3)4/h2,8H,1H3,(H2,5,6);(H4,2,3,4). The number of carbonyl (C=O) groups excluding carboxylic acids is 1. The van der Waals surface area contributed by atoms with Crippen LogP contribution >= 0.6 is 0 Å². The summed E-state index contributed by atoms with van der Waals surface area (Å²) in [7, 11) is 1.71. The normalized spacial score (nSPS) is 8.42. The smallest absolute Gasteiger partial charge is 0.309 e. The molecule has 7 nitrogen and oxygen atoms in total. The zero-order valence-corrected chi connectivity index (χ0v) is 6.56. The van der Waals surface area contributed by atoms with E-state index in [0.29, 0.717) is 5.95 Å². The number of urea groups is 1. The van der Waals surface area contributed by atoms with Gasteiger partial charge in [0.1, 0.15) is 0 Å². The number of nitrogen functional groups attached to an aromatic ring is 1. The summed E-state index contributed by atoms with van der Waals surface area (Å²) >= 11 is 0. The van der Waals surface area contributed by atoms with Crippen molar-refractivity contribution in [3.8, 4) is 5.88 Å². The second kappa shape index (κ2) is 4.06. The third kappa shape index (κ3) is 3.99. The van der Waals surface area contributed by atoms with Crippen LogP contribution in [0.25, 0.3) is 0 Å². The fraction of sp³-hybridized carbons (Fsp3) is 0.200. The van der Waals surface area contributed by atoms with E-state index in [4.69, 9.17) is 15.6 Å². The van der Waals surface area contributed by atoms with Crippen molar-refractivity contribution < 1.29 is 9.90 Å². The molecule has 0 bridgehead atoms. The zero-order chi connectivity index (χ0) is 9.72. The van der Waals surface area contributed by atoms with Gasteiger partial charge in [0, 0.05) is 7.05 Å². The molecule has 1 rings (SSSR count). The number of carbonyl (C=O) groups is 1. The molecule has 1 aromatic heterocycles. The highest BCUT2D eigenvalue weighted by molar-refractivity contribution is 5.69. The molecule has 7 N–H and O–H groups in total. The highest BCUT2D eigenvalue weighted by atomic mass is 16.3. The van der Waals surface area contributed by atoms with Gasteiger partial charge in [0.15, 0.2) is 0 Å². The molecule has 2 amide bonds. The summed E-state index contributed by atoms with van der Waals surface area (Å²) < 4.78 is 1.54. The summed E-state index contributed by atoms with van der Waals surface area (Å²) in [6.45, 7) is 0. The van der Waals surface area contributed by atoms with Crippen molar-refractivity contribution in [3.63, 3.8) is 0 Å². The minimum Gasteiger partial charge on any atom is -0.492 e. The van der Waals surface area contributed by atoms with Crippen molar-refractivity contribution >= 4 is 12.0 Å². The molecule has 0 aliphatic heterocycles. The molecule has 0 aliphatic carbocycles. The van der Waals surface area contributed by atoms with Crippen LogP contribution in [0.4, 0.5) is 10.7 Å². The predicted octanol–water partition coefficient (Wildman–Crippen LogP) is -1.27. The number of imidazole rings is 1. The Bertz CT molecular complexity index is 245. The molecule has 0 aliphatic rings. The van der Waals surface area contributed by atoms with Gasteiger partial charge in [0.05, 0.1) is 6.20 Å². The lowest BCUT2D eigenvalue weighted by Gasteiger charge is -1.86. The molecular weight excluding hydrogens is 162 g/mol. The van der Waals surface area contributed by atoms with Gasteiger partial charge in [-0.2, -0.15) is 4.98 Å². The van der Waals surface area contributed by atoms with Crippen molar-refractivity contribution in [1.82, 2.24) is 9.55 Å². The number of amides is 2. The number of hydrogen-bond donors (Lipinski definition) is 4. The fourth-order valence-corrected chi connectivity index (χ4v) is 0.464. The summed E-state index contributed by atoms with van der Waals surface area (Å²) in [6, 6.07) is -0.833. The second-order valence-electron chi connectivity index (χ2n) is 1.97. The maximum Gasteiger partial charge on any atom is 0.309 e. The molecule has 0 atom stereocenters. The Morgan fingerprint density at radius 1 is 1.67 bits per heavy atom. The van der Waals surface area contributed by atoms with Gasteiger partial charge in [-0.1, -0.05) is 0 Å². The Labute approximate surface area is 68.8 Å². The van der Waals surface area contributed by atoms with Crippen molar-refractivity contribution in [3.05, 3.63) is 6.20 Å². The fourth-order valence-electron chi connectivity index (χ4n) is 0.464. The van der Waals surface area contributed by atoms with Gasteiger partial charge in [0.2, 0.25) is 11.8 Å². The monoisotopic (exact) mass is 173 g/mol. The Morgan fingerprint density at radius 3 is 2.17 bits per heavy atom. The van der Waals surface area contributed by atoms with Crippen molar-refractivity contribution in [2.24, 2.45) is 18.5 Å². The first-order valence-corrected chi connectivity index (χ1v) is 2.96. The van der Waals surface area contributed by atoms with E-state index in [1.54, 1.807) is 7.05 Å². The molecule has 0 spiro atoms. The van der Waals surface area contributed by atoms with E-state index in [-0.39, 0.29) is 5.88 Å². The Balaban J connectivity index is 0.000000261. The number of nitrogens with two attached hydrogens (primary N) is 3. The molecule has 0 fully saturated rings. The van der Waals surface area contributed by atoms with Crippen molar-refractivity contribution in [2.75, 3.05) is 5.73 Å². The SMILES string of the molecule is Cn1cc(O)nc1N.NC(N)=O. The van der Waals surface area contributed by atoms with Crippen LogP contribution in [0.3, 0.4) is 0 Å². The number of anilines is 1. The number of nitrogens with zero attached hydrogens (tertiary/aromatic N) is 2. The van der Waals surface area contributed by atoms with E-state index >= 15 is 0 Å². The number of primary amides is 2. The summed E-state index contributed by atoms with van der Waals surface area (Å²) in [5, 5.41) is 8.62. The lowest BCUT2D eigenvalue weighted by molar-refractivity contribution is 0.256. The van der Waals surface area contributed by atoms with Crippen LogP contribution in [0, 0.1) is 0 Å². The molecule has 68 valence electrons. The van der Waals surface area contributed by atoms with Crippen LogP contribution in [0.5, 0.6) is 5.88 Å². The van der Waals surface area contributed by atoms with E-state index in [9.17, 15) is 0 Å². The summed E-state index contributed by atoms with van der Waals surface area (Å²) in [5.41, 5.74) is 13.7. The van der Waals surface area contributed by atoms with Gasteiger partial charge in [-0.25, -0.2) is 4.79 Å². The first-order chi connectivity index (χ1) is 5.43. The topological polar surface area (TPSA) is 133 Å². The minimum atomic E-state index is -0.833. The first kappa shape index (κ1) is 10.1. The van der Waals surface area contributed by atoms with Crippen LogP contribution in [0.15, 0.2) is 6.20 Å². The van der Waals surface area contributed by atoms with E-state index in [2.05, 4.69) is 16.5 Å². The van der Waals surface area contributed by atoms with Crippen molar-refractivity contribution in [2.45, 2.75) is 0 Å². The zero-order valence-electron chi connectivity index (χ0n) is 6.56. The van der Waals surface area contributed by atoms with Gasteiger partial charge in [-0.3, -0.25) is 0 Å². The van der Waals surface area contributed by atoms with Crippen molar-refractivity contribution in [1.29, 1.82) is 0 Å². The molecule has 1 aromatic rings. The second-order valence-corrected chi connectivity index (χ2v) is 1.97. The molecule has 0 unspecified atom stereocenters. The van der Waals surface area contributed by atoms with E-state index < -0.39 is 6.03 Å². The molecule has 7 heteroatoms. The molecular formula is C5H11N5O2. The quantitative estimate of drug-likeness (QED) is 0.389. The lowest BCUT2D eigenvalue weighted by Crippen LogP contribution is -2.18. The van der Waals surface area contributed by atoms with Crippen LogP contribution in [-0.2, 0) is 7.05 Å². The molecule has 1 heterocycles. The Hall–Kier alpha value is -1.92. The number of aromatic hydroxyl groups is 1. The summed E-state index contributed by atoms with van der Waals surface area (Å²) in [5.74, 6) is 0.285. The third-order valence-electron chi connectivity index (χ3n) is 0.900. The van der Waals surface area contributed by atoms with Crippen LogP contribution in [0.2, 0.25) is 0 Å². The number of aryl methyl sites for hydroxylation is 1. The highest BCUT2D eigenvalue weighted by Crippen LogP contribution is 2.06. The first-order valence-electron chi connectivity index (χ1n) is 2.96. The lowest BCUT2D eigenvalue weighted by atomic mass is 10.8. The van der Waals surface area contributed by atoms with Gasteiger partial charge in [-0.05, 0) is 0 Å². The van der Waals surface area contributed by atoms with Crippen LogP contribution < -0.4 is 17.2 Å². The predicted molar refractivity (Wildman–Crippen MR) is 43.1 cm³/mol. The van der Waals surface area contributed by atoms with E-state index in [1.807, 2.05) is 0 Å². The summed E-state index contributed by atoms with van der Waals surface area (Å²) in [4.78, 5) is 12.5. The molecule has 0 saturated heterocycles. The van der Waals surface area contributed by atoms with Gasteiger partial charge >= 0.3 is 6.03 Å². The van der Waals surface area contributed by atoms with E-state index in [1.165, 1.54) is 10.8 Å². The average molecular weight is 173 g/mol. The Morgan fingerprint density at radius 2 is 2.08 bits per heavy atom. The molecule has 12 heavy (non-hydrogen) atoms. The molecule has 0 saturated carbocycles. The highest BCUT2D eigenvalue weighted by Gasteiger charge is 1.95. The number of rotatable bonds is 0. The molecule has 0 radical (unpaired) electrons. The Kier molecular flexibility index (Phi) is 3.41. The third-order valence-corrected chi connectivity index (χ3v) is 0.900. The molecule has 0 aromatic carbocycles. The van der Waals surface area contributed by atoms with Gasteiger partial charge in [-0.15, -0.1) is 0 Å². The van der Waals surface area contributed by atoms with Gasteiger partial charge in [0.25, 0.3) is 0 Å². The maximum atomic E-state index is 9.00. The average Bonchev–Trinajstić information content (AvgIpc) is 2.08.